The van der Waals surface area contributed by atoms with Crippen LogP contribution in [0.15, 0.2) is 39.6 Å². The molecule has 2 aromatic heterocycles. The van der Waals surface area contributed by atoms with Gasteiger partial charge in [0.05, 0.1) is 17.0 Å². The summed E-state index contributed by atoms with van der Waals surface area (Å²) in [6.07, 6.45) is -8.45. The number of alkyl halides is 5. The standard InChI is InChI=1S/C30H23F7N4O6/c1-13(16-8-21-22(9-18(16)32)46-30(36,37)45-21)43-20-7-14(5-6-17(20)31)41-23-15(24(39-41)29(33,34)35)3-2-4-19(23)44-28-10-27(11-28,12-28)25-38-26(42)47-40-25/h5-9,13,19H,2-4,10-12H2,1H3,(H,38,40,42)/t13-,19-,27?,28?/m0/s1. The summed E-state index contributed by atoms with van der Waals surface area (Å²) in [7, 11) is 0. The molecule has 10 nitrogen and oxygen atoms in total. The first kappa shape index (κ1) is 29.8. The Kier molecular flexibility index (Phi) is 6.19. The van der Waals surface area contributed by atoms with Gasteiger partial charge in [-0.1, -0.05) is 0 Å². The highest BCUT2D eigenvalue weighted by atomic mass is 19.4. The Labute approximate surface area is 259 Å². The molecule has 4 aromatic rings. The fourth-order valence-electron chi connectivity index (χ4n) is 7.28. The summed E-state index contributed by atoms with van der Waals surface area (Å²) >= 11 is 0. The molecule has 5 aliphatic rings. The van der Waals surface area contributed by atoms with Gasteiger partial charge in [0.2, 0.25) is 0 Å². The van der Waals surface area contributed by atoms with Gasteiger partial charge in [0.25, 0.3) is 0 Å². The summed E-state index contributed by atoms with van der Waals surface area (Å²) in [5.41, 5.74) is -2.23. The minimum Gasteiger partial charge on any atom is -0.483 e. The predicted octanol–water partition coefficient (Wildman–Crippen LogP) is 6.58. The first-order valence-electron chi connectivity index (χ1n) is 14.6. The fraction of sp³-hybridized carbons (Fsp3) is 0.433. The van der Waals surface area contributed by atoms with Gasteiger partial charge in [0, 0.05) is 28.7 Å². The molecule has 248 valence electrons. The van der Waals surface area contributed by atoms with E-state index in [1.165, 1.54) is 13.0 Å². The van der Waals surface area contributed by atoms with Crippen LogP contribution in [-0.4, -0.2) is 31.8 Å². The van der Waals surface area contributed by atoms with E-state index >= 15 is 4.39 Å². The minimum absolute atomic E-state index is 0.0240. The van der Waals surface area contributed by atoms with Crippen molar-refractivity contribution in [3.05, 3.63) is 80.9 Å². The second kappa shape index (κ2) is 9.74. The van der Waals surface area contributed by atoms with Crippen LogP contribution < -0.4 is 20.0 Å². The van der Waals surface area contributed by atoms with Gasteiger partial charge in [-0.05, 0) is 63.6 Å². The lowest BCUT2D eigenvalue weighted by molar-refractivity contribution is -0.286. The Morgan fingerprint density at radius 3 is 2.47 bits per heavy atom. The molecular formula is C30H23F7N4O6. The third kappa shape index (κ3) is 4.76. The van der Waals surface area contributed by atoms with Crippen LogP contribution in [0.25, 0.3) is 5.69 Å². The Hall–Kier alpha value is -4.54. The number of ether oxygens (including phenoxy) is 4. The summed E-state index contributed by atoms with van der Waals surface area (Å²) < 4.78 is 126. The van der Waals surface area contributed by atoms with Crippen molar-refractivity contribution in [2.75, 3.05) is 0 Å². The zero-order chi connectivity index (χ0) is 33.1. The van der Waals surface area contributed by atoms with Crippen molar-refractivity contribution in [3.63, 3.8) is 0 Å². The van der Waals surface area contributed by atoms with Crippen molar-refractivity contribution >= 4 is 0 Å². The van der Waals surface area contributed by atoms with Crippen LogP contribution in [0.1, 0.15) is 79.6 Å². The predicted molar refractivity (Wildman–Crippen MR) is 142 cm³/mol. The van der Waals surface area contributed by atoms with Crippen molar-refractivity contribution in [1.29, 1.82) is 0 Å². The zero-order valence-electron chi connectivity index (χ0n) is 24.2. The molecular weight excluding hydrogens is 645 g/mol. The summed E-state index contributed by atoms with van der Waals surface area (Å²) in [5, 5.41) is 6.44. The monoisotopic (exact) mass is 668 g/mol. The largest absolute Gasteiger partial charge is 0.586 e. The number of nitrogens with zero attached hydrogens (tertiary/aromatic N) is 3. The van der Waals surface area contributed by atoms with E-state index in [9.17, 15) is 31.1 Å². The molecule has 0 saturated heterocycles. The minimum atomic E-state index is -4.79. The maximum Gasteiger partial charge on any atom is 0.586 e. The molecule has 3 fully saturated rings. The quantitative estimate of drug-likeness (QED) is 0.220. The van der Waals surface area contributed by atoms with Gasteiger partial charge in [-0.25, -0.2) is 23.4 Å². The van der Waals surface area contributed by atoms with Gasteiger partial charge in [0.15, 0.2) is 34.6 Å². The summed E-state index contributed by atoms with van der Waals surface area (Å²) in [5.74, 6) is -3.67. The van der Waals surface area contributed by atoms with Crippen LogP contribution in [0, 0.1) is 11.6 Å². The van der Waals surface area contributed by atoms with Gasteiger partial charge in [-0.2, -0.15) is 23.3 Å². The molecule has 0 spiro atoms. The Morgan fingerprint density at radius 1 is 1.06 bits per heavy atom. The molecule has 2 atom stereocenters. The topological polar surface area (TPSA) is 114 Å². The number of hydrogen-bond acceptors (Lipinski definition) is 8. The van der Waals surface area contributed by atoms with Gasteiger partial charge in [-0.15, -0.1) is 8.78 Å². The number of H-pyrrole nitrogens is 1. The number of aromatic nitrogens is 4. The van der Waals surface area contributed by atoms with Crippen LogP contribution in [0.3, 0.4) is 0 Å². The van der Waals surface area contributed by atoms with Gasteiger partial charge < -0.3 is 23.5 Å². The number of fused-ring (bicyclic) bond motifs is 2. The molecule has 9 rings (SSSR count). The molecule has 3 saturated carbocycles. The highest BCUT2D eigenvalue weighted by Crippen LogP contribution is 2.70. The van der Waals surface area contributed by atoms with E-state index in [2.05, 4.69) is 24.7 Å². The second-order valence-corrected chi connectivity index (χ2v) is 12.4. The number of nitrogens with one attached hydrogen (secondary N) is 1. The summed E-state index contributed by atoms with van der Waals surface area (Å²) in [6, 6.07) is 4.95. The molecule has 1 aliphatic heterocycles. The molecule has 3 heterocycles. The molecule has 4 aliphatic carbocycles. The average molecular weight is 669 g/mol. The Bertz CT molecular complexity index is 1970. The van der Waals surface area contributed by atoms with Crippen LogP contribution in [0.4, 0.5) is 30.7 Å². The number of rotatable bonds is 7. The number of benzene rings is 2. The smallest absolute Gasteiger partial charge is 0.483 e. The first-order chi connectivity index (χ1) is 22.1. The van der Waals surface area contributed by atoms with Crippen molar-refractivity contribution in [3.8, 4) is 22.9 Å². The fourth-order valence-corrected chi connectivity index (χ4v) is 7.28. The van der Waals surface area contributed by atoms with Gasteiger partial charge in [-0.3, -0.25) is 0 Å². The average Bonchev–Trinajstić information content (AvgIpc) is 3.64. The third-order valence-corrected chi connectivity index (χ3v) is 9.23. The maximum atomic E-state index is 15.0. The SMILES string of the molecule is C[C@H](Oc1cc(-n2nc(C(F)(F)F)c3c2[C@@H](OC24CC(c5nc(=O)o[nH]5)(C2)C4)CCC3)ccc1F)c1cc2c(cc1F)OC(F)(F)O2. The molecule has 2 bridgehead atoms. The highest BCUT2D eigenvalue weighted by molar-refractivity contribution is 5.48. The molecule has 0 amide bonds. The lowest BCUT2D eigenvalue weighted by Crippen LogP contribution is -2.71. The first-order valence-corrected chi connectivity index (χ1v) is 14.6. The van der Waals surface area contributed by atoms with Crippen molar-refractivity contribution in [2.45, 2.75) is 81.1 Å². The Balaban J connectivity index is 1.10. The summed E-state index contributed by atoms with van der Waals surface area (Å²) in [6.45, 7) is 1.33. The molecule has 2 aromatic carbocycles. The van der Waals surface area contributed by atoms with E-state index in [1.54, 1.807) is 0 Å². The number of aromatic amines is 1. The highest BCUT2D eigenvalue weighted by Gasteiger charge is 2.72. The van der Waals surface area contributed by atoms with Crippen molar-refractivity contribution in [2.24, 2.45) is 0 Å². The van der Waals surface area contributed by atoms with Crippen LogP contribution in [0.2, 0.25) is 0 Å². The zero-order valence-corrected chi connectivity index (χ0v) is 24.2. The molecule has 1 N–H and O–H groups in total. The van der Waals surface area contributed by atoms with Crippen LogP contribution in [0.5, 0.6) is 17.2 Å². The number of hydrogen-bond donors (Lipinski definition) is 1. The van der Waals surface area contributed by atoms with E-state index in [4.69, 9.17) is 14.0 Å². The van der Waals surface area contributed by atoms with Gasteiger partial charge >= 0.3 is 18.2 Å². The third-order valence-electron chi connectivity index (χ3n) is 9.23. The lowest BCUT2D eigenvalue weighted by atomic mass is 9.40. The number of halogens is 7. The van der Waals surface area contributed by atoms with E-state index in [-0.39, 0.29) is 28.9 Å². The molecule has 0 radical (unpaired) electrons. The molecule has 0 unspecified atom stereocenters. The van der Waals surface area contributed by atoms with Crippen LogP contribution in [-0.2, 0) is 22.7 Å². The van der Waals surface area contributed by atoms with E-state index < -0.39 is 76.0 Å². The second-order valence-electron chi connectivity index (χ2n) is 12.4. The maximum absolute atomic E-state index is 15.0. The van der Waals surface area contributed by atoms with Crippen LogP contribution >= 0.6 is 0 Å². The summed E-state index contributed by atoms with van der Waals surface area (Å²) in [4.78, 5) is 15.3. The van der Waals surface area contributed by atoms with E-state index in [0.29, 0.717) is 44.0 Å². The van der Waals surface area contributed by atoms with Crippen molar-refractivity contribution < 1.29 is 54.2 Å². The lowest BCUT2D eigenvalue weighted by Gasteiger charge is -2.69. The molecule has 17 heteroatoms. The normalized spacial score (nSPS) is 25.9. The molecule has 47 heavy (non-hydrogen) atoms. The Morgan fingerprint density at radius 2 is 1.79 bits per heavy atom. The van der Waals surface area contributed by atoms with E-state index in [1.807, 2.05) is 0 Å². The van der Waals surface area contributed by atoms with E-state index in [0.717, 1.165) is 22.9 Å². The van der Waals surface area contributed by atoms with Gasteiger partial charge in [0.1, 0.15) is 18.0 Å². The van der Waals surface area contributed by atoms with Crippen molar-refractivity contribution in [1.82, 2.24) is 19.9 Å².